The van der Waals surface area contributed by atoms with Gasteiger partial charge in [-0.2, -0.15) is 5.10 Å². The minimum atomic E-state index is -0.229. The van der Waals surface area contributed by atoms with Crippen molar-refractivity contribution in [3.05, 3.63) is 40.5 Å². The smallest absolute Gasteiger partial charge is 0.258 e. The molecule has 3 N–H and O–H groups in total. The highest BCUT2D eigenvalue weighted by atomic mass is 79.9. The first-order valence-corrected chi connectivity index (χ1v) is 5.72. The quantitative estimate of drug-likeness (QED) is 0.890. The molecule has 1 amide bonds. The monoisotopic (exact) mass is 294 g/mol. The van der Waals surface area contributed by atoms with E-state index >= 15 is 0 Å². The van der Waals surface area contributed by atoms with Crippen LogP contribution in [0.25, 0.3) is 0 Å². The van der Waals surface area contributed by atoms with Crippen LogP contribution in [0.4, 0.5) is 11.5 Å². The summed E-state index contributed by atoms with van der Waals surface area (Å²) in [4.78, 5) is 12.0. The fourth-order valence-corrected chi connectivity index (χ4v) is 1.89. The zero-order valence-corrected chi connectivity index (χ0v) is 10.7. The zero-order valence-electron chi connectivity index (χ0n) is 9.14. The lowest BCUT2D eigenvalue weighted by Crippen LogP contribution is -2.16. The van der Waals surface area contributed by atoms with Gasteiger partial charge in [-0.25, -0.2) is 0 Å². The number of carbonyl (C=O) groups is 1. The molecular formula is C11H11BrN4O. The first-order valence-electron chi connectivity index (χ1n) is 4.93. The molecule has 0 bridgehead atoms. The van der Waals surface area contributed by atoms with Crippen molar-refractivity contribution in [1.29, 1.82) is 0 Å². The number of nitrogen functional groups attached to an aromatic ring is 1. The standard InChI is InChI=1S/C11H11BrN4O/c1-16-10(9(13)6-14-16)15-11(17)7-4-2-3-5-8(7)12/h2-6H,13H2,1H3,(H,15,17). The molecule has 6 heteroatoms. The van der Waals surface area contributed by atoms with E-state index in [1.807, 2.05) is 12.1 Å². The Morgan fingerprint density at radius 1 is 1.47 bits per heavy atom. The van der Waals surface area contributed by atoms with E-state index in [9.17, 15) is 4.79 Å². The van der Waals surface area contributed by atoms with Crippen molar-refractivity contribution in [1.82, 2.24) is 9.78 Å². The number of nitrogens with one attached hydrogen (secondary N) is 1. The predicted octanol–water partition coefficient (Wildman–Crippen LogP) is 2.02. The molecule has 0 atom stereocenters. The van der Waals surface area contributed by atoms with E-state index in [0.29, 0.717) is 17.1 Å². The molecule has 0 aliphatic rings. The Balaban J connectivity index is 2.27. The molecule has 0 aliphatic heterocycles. The summed E-state index contributed by atoms with van der Waals surface area (Å²) in [5, 5.41) is 6.67. The number of nitrogens with two attached hydrogens (primary N) is 1. The number of halogens is 1. The fourth-order valence-electron chi connectivity index (χ4n) is 1.43. The summed E-state index contributed by atoms with van der Waals surface area (Å²) in [5.41, 5.74) is 6.68. The van der Waals surface area contributed by atoms with Gasteiger partial charge in [0.15, 0.2) is 5.82 Å². The van der Waals surface area contributed by atoms with Gasteiger partial charge in [0, 0.05) is 11.5 Å². The van der Waals surface area contributed by atoms with Gasteiger partial charge in [0.1, 0.15) is 0 Å². The second kappa shape index (κ2) is 4.58. The maximum Gasteiger partial charge on any atom is 0.258 e. The number of amides is 1. The summed E-state index contributed by atoms with van der Waals surface area (Å²) < 4.78 is 2.25. The number of hydrogen-bond donors (Lipinski definition) is 2. The maximum absolute atomic E-state index is 12.0. The van der Waals surface area contributed by atoms with Crippen LogP contribution in [0.2, 0.25) is 0 Å². The largest absolute Gasteiger partial charge is 0.394 e. The predicted molar refractivity (Wildman–Crippen MR) is 69.7 cm³/mol. The third-order valence-electron chi connectivity index (χ3n) is 2.32. The summed E-state index contributed by atoms with van der Waals surface area (Å²) in [7, 11) is 1.71. The maximum atomic E-state index is 12.0. The van der Waals surface area contributed by atoms with Gasteiger partial charge in [-0.3, -0.25) is 9.48 Å². The third-order valence-corrected chi connectivity index (χ3v) is 3.01. The number of hydrogen-bond acceptors (Lipinski definition) is 3. The average molecular weight is 295 g/mol. The van der Waals surface area contributed by atoms with Crippen LogP contribution in [-0.4, -0.2) is 15.7 Å². The molecule has 0 saturated heterocycles. The average Bonchev–Trinajstić information content (AvgIpc) is 2.61. The Bertz CT molecular complexity index is 545. The Kier molecular flexibility index (Phi) is 3.14. The fraction of sp³-hybridized carbons (Fsp3) is 0.0909. The minimum Gasteiger partial charge on any atom is -0.394 e. The highest BCUT2D eigenvalue weighted by Crippen LogP contribution is 2.20. The molecule has 1 aromatic heterocycles. The number of rotatable bonds is 2. The number of nitrogens with zero attached hydrogens (tertiary/aromatic N) is 2. The van der Waals surface area contributed by atoms with Crippen LogP contribution in [0.5, 0.6) is 0 Å². The second-order valence-electron chi connectivity index (χ2n) is 3.51. The lowest BCUT2D eigenvalue weighted by molar-refractivity contribution is 0.102. The van der Waals surface area contributed by atoms with Crippen molar-refractivity contribution in [2.24, 2.45) is 7.05 Å². The second-order valence-corrected chi connectivity index (χ2v) is 4.36. The number of anilines is 2. The molecule has 0 spiro atoms. The highest BCUT2D eigenvalue weighted by molar-refractivity contribution is 9.10. The van der Waals surface area contributed by atoms with Gasteiger partial charge < -0.3 is 11.1 Å². The summed E-state index contributed by atoms with van der Waals surface area (Å²) in [6.45, 7) is 0. The Hall–Kier alpha value is -1.82. The molecule has 88 valence electrons. The Labute approximate surface area is 107 Å². The molecule has 0 aliphatic carbocycles. The van der Waals surface area contributed by atoms with Gasteiger partial charge in [0.05, 0.1) is 17.4 Å². The molecule has 2 aromatic rings. The van der Waals surface area contributed by atoms with Crippen LogP contribution in [-0.2, 0) is 7.05 Å². The van der Waals surface area contributed by atoms with Crippen molar-refractivity contribution >= 4 is 33.3 Å². The molecule has 17 heavy (non-hydrogen) atoms. The van der Waals surface area contributed by atoms with Crippen molar-refractivity contribution < 1.29 is 4.79 Å². The van der Waals surface area contributed by atoms with E-state index in [4.69, 9.17) is 5.73 Å². The summed E-state index contributed by atoms with van der Waals surface area (Å²) >= 11 is 3.32. The molecule has 5 nitrogen and oxygen atoms in total. The molecule has 2 rings (SSSR count). The molecule has 0 unspecified atom stereocenters. The van der Waals surface area contributed by atoms with Crippen LogP contribution in [0.3, 0.4) is 0 Å². The van der Waals surface area contributed by atoms with Crippen molar-refractivity contribution in [3.63, 3.8) is 0 Å². The summed E-state index contributed by atoms with van der Waals surface area (Å²) in [5.74, 6) is 0.263. The van der Waals surface area contributed by atoms with Crippen LogP contribution in [0.15, 0.2) is 34.9 Å². The van der Waals surface area contributed by atoms with Crippen molar-refractivity contribution in [2.75, 3.05) is 11.1 Å². The number of benzene rings is 1. The topological polar surface area (TPSA) is 72.9 Å². The zero-order chi connectivity index (χ0) is 12.4. The molecule has 1 aromatic carbocycles. The van der Waals surface area contributed by atoms with Crippen LogP contribution in [0.1, 0.15) is 10.4 Å². The van der Waals surface area contributed by atoms with Gasteiger partial charge >= 0.3 is 0 Å². The number of aromatic nitrogens is 2. The molecule has 0 saturated carbocycles. The van der Waals surface area contributed by atoms with Gasteiger partial charge in [-0.1, -0.05) is 12.1 Å². The first kappa shape index (κ1) is 11.7. The van der Waals surface area contributed by atoms with E-state index in [-0.39, 0.29) is 5.91 Å². The van der Waals surface area contributed by atoms with Gasteiger partial charge in [0.25, 0.3) is 5.91 Å². The first-order chi connectivity index (χ1) is 8.09. The lowest BCUT2D eigenvalue weighted by atomic mass is 10.2. The van der Waals surface area contributed by atoms with Crippen LogP contribution < -0.4 is 11.1 Å². The molecule has 0 fully saturated rings. The highest BCUT2D eigenvalue weighted by Gasteiger charge is 2.13. The lowest BCUT2D eigenvalue weighted by Gasteiger charge is -2.07. The van der Waals surface area contributed by atoms with Crippen LogP contribution in [0, 0.1) is 0 Å². The molecule has 1 heterocycles. The molecule has 0 radical (unpaired) electrons. The molecular weight excluding hydrogens is 284 g/mol. The third kappa shape index (κ3) is 2.31. The summed E-state index contributed by atoms with van der Waals surface area (Å²) in [6, 6.07) is 7.18. The SMILES string of the molecule is Cn1ncc(N)c1NC(=O)c1ccccc1Br. The number of carbonyl (C=O) groups excluding carboxylic acids is 1. The summed E-state index contributed by atoms with van der Waals surface area (Å²) in [6.07, 6.45) is 1.50. The minimum absolute atomic E-state index is 0.229. The van der Waals surface area contributed by atoms with E-state index in [0.717, 1.165) is 4.47 Å². The van der Waals surface area contributed by atoms with E-state index < -0.39 is 0 Å². The van der Waals surface area contributed by atoms with Gasteiger partial charge in [-0.15, -0.1) is 0 Å². The Morgan fingerprint density at radius 3 is 2.76 bits per heavy atom. The van der Waals surface area contributed by atoms with Crippen molar-refractivity contribution in [2.45, 2.75) is 0 Å². The number of aryl methyl sites for hydroxylation is 1. The van der Waals surface area contributed by atoms with Crippen LogP contribution >= 0.6 is 15.9 Å². The Morgan fingerprint density at radius 2 is 2.18 bits per heavy atom. The normalized spacial score (nSPS) is 10.2. The van der Waals surface area contributed by atoms with E-state index in [1.54, 1.807) is 19.2 Å². The van der Waals surface area contributed by atoms with Gasteiger partial charge in [-0.05, 0) is 28.1 Å². The van der Waals surface area contributed by atoms with Gasteiger partial charge in [0.2, 0.25) is 0 Å². The van der Waals surface area contributed by atoms with E-state index in [1.165, 1.54) is 10.9 Å². The van der Waals surface area contributed by atoms with Crippen molar-refractivity contribution in [3.8, 4) is 0 Å². The van der Waals surface area contributed by atoms with E-state index in [2.05, 4.69) is 26.3 Å².